The van der Waals surface area contributed by atoms with Crippen molar-refractivity contribution in [2.75, 3.05) is 0 Å². The van der Waals surface area contributed by atoms with Crippen molar-refractivity contribution in [2.24, 2.45) is 0 Å². The summed E-state index contributed by atoms with van der Waals surface area (Å²) in [5.41, 5.74) is 0. The van der Waals surface area contributed by atoms with Crippen LogP contribution in [0.1, 0.15) is 6.42 Å². The van der Waals surface area contributed by atoms with Crippen molar-refractivity contribution < 1.29 is 19.4 Å². The summed E-state index contributed by atoms with van der Waals surface area (Å²) < 4.78 is 0. The van der Waals surface area contributed by atoms with Crippen LogP contribution in [0.2, 0.25) is 0 Å². The van der Waals surface area contributed by atoms with Gasteiger partial charge in [0.05, 0.1) is 0 Å². The molecule has 1 aliphatic heterocycles. The molecule has 0 saturated carbocycles. The van der Waals surface area contributed by atoms with Crippen LogP contribution in [0.5, 0.6) is 0 Å². The summed E-state index contributed by atoms with van der Waals surface area (Å²) in [5, 5.41) is 24.2. The molecule has 0 spiro atoms. The Labute approximate surface area is 81.2 Å². The predicted molar refractivity (Wildman–Crippen MR) is 41.9 cm³/mol. The SMILES string of the molecule is O=C1CC(=O)NC(=C([N+](=O)[O-])[N+](=O)[O-])N1. The number of nitro groups is 2. The van der Waals surface area contributed by atoms with E-state index in [2.05, 4.69) is 0 Å². The third-order valence-electron chi connectivity index (χ3n) is 1.42. The zero-order chi connectivity index (χ0) is 11.6. The lowest BCUT2D eigenvalue weighted by Crippen LogP contribution is -2.45. The molecule has 15 heavy (non-hydrogen) atoms. The van der Waals surface area contributed by atoms with E-state index >= 15 is 0 Å². The number of nitrogens with one attached hydrogen (secondary N) is 2. The minimum atomic E-state index is -1.48. The molecule has 0 bridgehead atoms. The minimum absolute atomic E-state index is 0.522. The first-order chi connectivity index (χ1) is 6.91. The van der Waals surface area contributed by atoms with E-state index in [0.29, 0.717) is 0 Å². The summed E-state index contributed by atoms with van der Waals surface area (Å²) in [6, 6.07) is 0. The Balaban J connectivity index is 3.14. The second-order valence-electron chi connectivity index (χ2n) is 2.49. The van der Waals surface area contributed by atoms with Crippen molar-refractivity contribution in [3.8, 4) is 0 Å². The molecule has 0 unspecified atom stereocenters. The summed E-state index contributed by atoms with van der Waals surface area (Å²) in [4.78, 5) is 39.5. The number of hydrogen-bond acceptors (Lipinski definition) is 6. The van der Waals surface area contributed by atoms with E-state index < -0.39 is 39.7 Å². The van der Waals surface area contributed by atoms with Gasteiger partial charge in [0.25, 0.3) is 5.82 Å². The van der Waals surface area contributed by atoms with Crippen LogP contribution in [0.3, 0.4) is 0 Å². The van der Waals surface area contributed by atoms with Gasteiger partial charge in [-0.3, -0.25) is 40.5 Å². The quantitative estimate of drug-likeness (QED) is 0.319. The average molecular weight is 216 g/mol. The van der Waals surface area contributed by atoms with E-state index in [1.54, 1.807) is 0 Å². The molecule has 1 saturated heterocycles. The van der Waals surface area contributed by atoms with E-state index in [-0.39, 0.29) is 0 Å². The number of nitrogens with zero attached hydrogens (tertiary/aromatic N) is 2. The normalized spacial score (nSPS) is 15.3. The Morgan fingerprint density at radius 2 is 1.47 bits per heavy atom. The predicted octanol–water partition coefficient (Wildman–Crippen LogP) is -1.70. The zero-order valence-electron chi connectivity index (χ0n) is 7.05. The second-order valence-corrected chi connectivity index (χ2v) is 2.49. The van der Waals surface area contributed by atoms with Crippen LogP contribution in [0.25, 0.3) is 0 Å². The molecular weight excluding hydrogens is 212 g/mol. The van der Waals surface area contributed by atoms with Gasteiger partial charge in [0, 0.05) is 0 Å². The van der Waals surface area contributed by atoms with Crippen LogP contribution in [-0.4, -0.2) is 21.7 Å². The lowest BCUT2D eigenvalue weighted by atomic mass is 10.3. The molecule has 0 aromatic rings. The lowest BCUT2D eigenvalue weighted by Gasteiger charge is -2.12. The van der Waals surface area contributed by atoms with E-state index in [1.807, 2.05) is 10.6 Å². The Morgan fingerprint density at radius 3 is 1.80 bits per heavy atom. The molecule has 1 fully saturated rings. The van der Waals surface area contributed by atoms with Crippen molar-refractivity contribution >= 4 is 11.8 Å². The summed E-state index contributed by atoms with van der Waals surface area (Å²) in [6.45, 7) is 0. The monoisotopic (exact) mass is 216 g/mol. The minimum Gasteiger partial charge on any atom is -0.300 e. The van der Waals surface area contributed by atoms with Gasteiger partial charge in [-0.2, -0.15) is 0 Å². The van der Waals surface area contributed by atoms with Crippen molar-refractivity contribution in [3.63, 3.8) is 0 Å². The summed E-state index contributed by atoms with van der Waals surface area (Å²) in [7, 11) is 0. The van der Waals surface area contributed by atoms with Crippen LogP contribution in [0.4, 0.5) is 0 Å². The van der Waals surface area contributed by atoms with Crippen LogP contribution in [0, 0.1) is 20.2 Å². The highest BCUT2D eigenvalue weighted by Gasteiger charge is 2.37. The first kappa shape index (κ1) is 10.6. The first-order valence-corrected chi connectivity index (χ1v) is 3.54. The van der Waals surface area contributed by atoms with Crippen molar-refractivity contribution in [1.82, 2.24) is 10.6 Å². The number of hydrogen-bond donors (Lipinski definition) is 2. The highest BCUT2D eigenvalue weighted by molar-refractivity contribution is 6.01. The van der Waals surface area contributed by atoms with Gasteiger partial charge >= 0.3 is 5.82 Å². The van der Waals surface area contributed by atoms with Gasteiger partial charge in [0.2, 0.25) is 11.8 Å². The fourth-order valence-electron chi connectivity index (χ4n) is 0.905. The van der Waals surface area contributed by atoms with E-state index in [1.165, 1.54) is 0 Å². The van der Waals surface area contributed by atoms with Crippen LogP contribution < -0.4 is 10.6 Å². The van der Waals surface area contributed by atoms with Gasteiger partial charge in [0.15, 0.2) is 0 Å². The van der Waals surface area contributed by atoms with Crippen molar-refractivity contribution in [2.45, 2.75) is 6.42 Å². The van der Waals surface area contributed by atoms with Gasteiger partial charge in [0.1, 0.15) is 16.3 Å². The Morgan fingerprint density at radius 1 is 1.07 bits per heavy atom. The molecule has 1 heterocycles. The summed E-state index contributed by atoms with van der Waals surface area (Å²) in [5.74, 6) is -3.97. The Bertz CT molecular complexity index is 364. The van der Waals surface area contributed by atoms with Gasteiger partial charge in [-0.1, -0.05) is 0 Å². The number of rotatable bonds is 2. The van der Waals surface area contributed by atoms with Crippen molar-refractivity contribution in [1.29, 1.82) is 0 Å². The fraction of sp³-hybridized carbons (Fsp3) is 0.200. The van der Waals surface area contributed by atoms with Crippen LogP contribution >= 0.6 is 0 Å². The van der Waals surface area contributed by atoms with Crippen molar-refractivity contribution in [3.05, 3.63) is 31.9 Å². The maximum absolute atomic E-state index is 10.8. The molecule has 0 atom stereocenters. The number of carbonyl (C=O) groups is 2. The van der Waals surface area contributed by atoms with Gasteiger partial charge in [-0.05, 0) is 0 Å². The molecule has 2 amide bonds. The average Bonchev–Trinajstić information content (AvgIpc) is 1.99. The molecule has 2 N–H and O–H groups in total. The molecule has 10 heteroatoms. The smallest absolute Gasteiger partial charge is 0.300 e. The molecule has 10 nitrogen and oxygen atoms in total. The first-order valence-electron chi connectivity index (χ1n) is 3.54. The van der Waals surface area contributed by atoms with Gasteiger partial charge in [-0.25, -0.2) is 0 Å². The molecule has 0 aliphatic carbocycles. The molecule has 1 aliphatic rings. The third kappa shape index (κ3) is 2.24. The number of carbonyl (C=O) groups excluding carboxylic acids is 2. The second kappa shape index (κ2) is 3.69. The van der Waals surface area contributed by atoms with Crippen LogP contribution in [0.15, 0.2) is 11.6 Å². The summed E-state index contributed by atoms with van der Waals surface area (Å²) >= 11 is 0. The Kier molecular flexibility index (Phi) is 2.60. The molecule has 0 aromatic carbocycles. The van der Waals surface area contributed by atoms with E-state index in [0.717, 1.165) is 0 Å². The zero-order valence-corrected chi connectivity index (χ0v) is 7.05. The maximum Gasteiger partial charge on any atom is 0.600 e. The summed E-state index contributed by atoms with van der Waals surface area (Å²) in [6.07, 6.45) is -0.522. The van der Waals surface area contributed by atoms with Gasteiger partial charge in [-0.15, -0.1) is 0 Å². The van der Waals surface area contributed by atoms with Crippen LogP contribution in [-0.2, 0) is 9.59 Å². The Hall–Kier alpha value is -2.52. The molecule has 0 aromatic heterocycles. The highest BCUT2D eigenvalue weighted by atomic mass is 16.7. The number of amides is 2. The lowest BCUT2D eigenvalue weighted by molar-refractivity contribution is -0.618. The third-order valence-corrected chi connectivity index (χ3v) is 1.42. The topological polar surface area (TPSA) is 144 Å². The molecule has 80 valence electrons. The highest BCUT2D eigenvalue weighted by Crippen LogP contribution is 2.05. The van der Waals surface area contributed by atoms with E-state index in [4.69, 9.17) is 0 Å². The molecular formula is C5H4N4O6. The largest absolute Gasteiger partial charge is 0.600 e. The molecule has 1 rings (SSSR count). The fourth-order valence-corrected chi connectivity index (χ4v) is 0.905. The maximum atomic E-state index is 10.8. The van der Waals surface area contributed by atoms with Gasteiger partial charge < -0.3 is 0 Å². The standard InChI is InChI=1S/C5H4N4O6/c10-2-1-3(11)7-4(6-2)5(8(12)13)9(14)15/h1H2,(H,6,10)(H,7,11). The van der Waals surface area contributed by atoms with E-state index in [9.17, 15) is 29.8 Å². The molecule has 0 radical (unpaired) electrons.